The zero-order valence-corrected chi connectivity index (χ0v) is 20.7. The normalized spacial score (nSPS) is 19.8. The van der Waals surface area contributed by atoms with E-state index in [-0.39, 0.29) is 31.4 Å². The second-order valence-corrected chi connectivity index (χ2v) is 10.2. The van der Waals surface area contributed by atoms with Crippen molar-refractivity contribution in [3.8, 4) is 11.4 Å². The largest absolute Gasteiger partial charge is 0.493 e. The van der Waals surface area contributed by atoms with E-state index in [0.717, 1.165) is 48.8 Å². The zero-order valence-electron chi connectivity index (χ0n) is 20.0. The van der Waals surface area contributed by atoms with Gasteiger partial charge in [0.05, 0.1) is 38.8 Å². The Hall–Kier alpha value is -2.82. The molecule has 11 heteroatoms. The maximum atomic E-state index is 14.9. The van der Waals surface area contributed by atoms with Gasteiger partial charge in [-0.25, -0.2) is 13.8 Å². The predicted molar refractivity (Wildman–Crippen MR) is 130 cm³/mol. The number of aromatic nitrogens is 4. The maximum absolute atomic E-state index is 14.9. The van der Waals surface area contributed by atoms with E-state index in [4.69, 9.17) is 21.1 Å². The number of methoxy groups -OCH3 is 1. The van der Waals surface area contributed by atoms with Gasteiger partial charge in [-0.1, -0.05) is 11.6 Å². The number of alkyl halides is 1. The topological polar surface area (TPSA) is 68.5 Å². The molecule has 0 N–H and O–H groups in total. The summed E-state index contributed by atoms with van der Waals surface area (Å²) in [5.41, 5.74) is 0.675. The Labute approximate surface area is 212 Å². The molecule has 6 rings (SSSR count). The highest BCUT2D eigenvalue weighted by atomic mass is 35.5. The van der Waals surface area contributed by atoms with Gasteiger partial charge in [-0.05, 0) is 36.6 Å². The van der Waals surface area contributed by atoms with Crippen molar-refractivity contribution in [2.24, 2.45) is 0 Å². The van der Waals surface area contributed by atoms with Gasteiger partial charge < -0.3 is 14.4 Å². The Morgan fingerprint density at radius 1 is 1.17 bits per heavy atom. The van der Waals surface area contributed by atoms with Crippen LogP contribution >= 0.6 is 11.6 Å². The molecule has 190 valence electrons. The van der Waals surface area contributed by atoms with Crippen molar-refractivity contribution in [3.63, 3.8) is 0 Å². The molecule has 2 saturated heterocycles. The second-order valence-electron chi connectivity index (χ2n) is 9.81. The Bertz CT molecular complexity index is 1280. The van der Waals surface area contributed by atoms with Gasteiger partial charge >= 0.3 is 0 Å². The number of rotatable bonds is 5. The fourth-order valence-corrected chi connectivity index (χ4v) is 5.58. The second kappa shape index (κ2) is 9.24. The third-order valence-corrected chi connectivity index (χ3v) is 7.47. The Morgan fingerprint density at radius 2 is 1.97 bits per heavy atom. The molecule has 0 saturated carbocycles. The van der Waals surface area contributed by atoms with E-state index in [1.807, 2.05) is 18.2 Å². The highest BCUT2D eigenvalue weighted by molar-refractivity contribution is 6.30. The number of hydrogen-bond acceptors (Lipinski definition) is 7. The van der Waals surface area contributed by atoms with Gasteiger partial charge in [0, 0.05) is 43.2 Å². The van der Waals surface area contributed by atoms with Crippen LogP contribution in [-0.2, 0) is 17.8 Å². The molecule has 1 aromatic carbocycles. The Balaban J connectivity index is 1.26. The van der Waals surface area contributed by atoms with Crippen molar-refractivity contribution in [1.82, 2.24) is 24.6 Å². The lowest BCUT2D eigenvalue weighted by Crippen LogP contribution is -2.53. The summed E-state index contributed by atoms with van der Waals surface area (Å²) in [4.78, 5) is 8.44. The quantitative estimate of drug-likeness (QED) is 0.509. The van der Waals surface area contributed by atoms with Crippen molar-refractivity contribution in [2.45, 2.75) is 37.5 Å². The van der Waals surface area contributed by atoms with Crippen LogP contribution in [-0.4, -0.2) is 70.3 Å². The summed E-state index contributed by atoms with van der Waals surface area (Å²) >= 11 is 6.35. The summed E-state index contributed by atoms with van der Waals surface area (Å²) in [5, 5.41) is 9.81. The third kappa shape index (κ3) is 4.31. The Morgan fingerprint density at radius 3 is 2.69 bits per heavy atom. The molecule has 0 bridgehead atoms. The van der Waals surface area contributed by atoms with Crippen molar-refractivity contribution < 1.29 is 18.3 Å². The van der Waals surface area contributed by atoms with Gasteiger partial charge in [0.2, 0.25) is 0 Å². The fraction of sp³-hybridized carbons (Fsp3) is 0.480. The molecule has 36 heavy (non-hydrogen) atoms. The molecule has 3 aliphatic rings. The summed E-state index contributed by atoms with van der Waals surface area (Å²) < 4.78 is 41.1. The summed E-state index contributed by atoms with van der Waals surface area (Å²) in [6, 6.07) is 7.45. The van der Waals surface area contributed by atoms with Gasteiger partial charge in [0.25, 0.3) is 0 Å². The van der Waals surface area contributed by atoms with Crippen LogP contribution in [0.1, 0.15) is 36.0 Å². The first kappa shape index (κ1) is 23.6. The van der Waals surface area contributed by atoms with E-state index < -0.39 is 11.5 Å². The van der Waals surface area contributed by atoms with Gasteiger partial charge in [-0.3, -0.25) is 9.47 Å². The van der Waals surface area contributed by atoms with Crippen LogP contribution in [0.3, 0.4) is 0 Å². The monoisotopic (exact) mass is 516 g/mol. The lowest BCUT2D eigenvalue weighted by molar-refractivity contribution is -0.142. The molecular weight excluding hydrogens is 490 g/mol. The number of fused-ring (bicyclic) bond motifs is 3. The van der Waals surface area contributed by atoms with Crippen LogP contribution in [0, 0.1) is 5.82 Å². The first-order valence-corrected chi connectivity index (χ1v) is 12.5. The minimum Gasteiger partial charge on any atom is -0.493 e. The first-order valence-electron chi connectivity index (χ1n) is 12.1. The van der Waals surface area contributed by atoms with E-state index in [9.17, 15) is 8.78 Å². The zero-order chi connectivity index (χ0) is 24.9. The van der Waals surface area contributed by atoms with Crippen LogP contribution in [0.2, 0.25) is 5.02 Å². The van der Waals surface area contributed by atoms with Crippen molar-refractivity contribution in [1.29, 1.82) is 0 Å². The minimum atomic E-state index is -1.33. The third-order valence-electron chi connectivity index (χ3n) is 7.23. The van der Waals surface area contributed by atoms with Gasteiger partial charge in [-0.15, -0.1) is 10.2 Å². The van der Waals surface area contributed by atoms with Gasteiger partial charge in [-0.2, -0.15) is 0 Å². The first-order chi connectivity index (χ1) is 17.4. The predicted octanol–water partition coefficient (Wildman–Crippen LogP) is 3.90. The summed E-state index contributed by atoms with van der Waals surface area (Å²) in [7, 11) is 1.45. The average molecular weight is 517 g/mol. The van der Waals surface area contributed by atoms with Gasteiger partial charge in [0.15, 0.2) is 23.1 Å². The standard InChI is InChI=1S/C25H27ClF2N6O2/c1-35-21-9-22(29-10-19(21)27)33-6-4-16(5-7-33)24-31-30-23-12-32(13-25(28)14-36-15-25)11-17-8-18(26)2-3-20(17)34(23)24/h2-3,8-10,16H,4-7,11-15H2,1H3. The lowest BCUT2D eigenvalue weighted by Gasteiger charge is -2.37. The van der Waals surface area contributed by atoms with Crippen molar-refractivity contribution >= 4 is 17.4 Å². The number of hydrogen-bond donors (Lipinski definition) is 0. The number of pyridine rings is 1. The van der Waals surface area contributed by atoms with E-state index >= 15 is 0 Å². The molecule has 2 fully saturated rings. The summed E-state index contributed by atoms with van der Waals surface area (Å²) in [6.45, 7) is 3.07. The number of ether oxygens (including phenoxy) is 2. The fourth-order valence-electron chi connectivity index (χ4n) is 5.39. The molecule has 0 unspecified atom stereocenters. The van der Waals surface area contributed by atoms with E-state index in [0.29, 0.717) is 23.9 Å². The number of anilines is 1. The molecule has 0 atom stereocenters. The van der Waals surface area contributed by atoms with Crippen LogP contribution in [0.5, 0.6) is 5.75 Å². The molecule has 2 aromatic heterocycles. The van der Waals surface area contributed by atoms with Crippen LogP contribution in [0.15, 0.2) is 30.5 Å². The molecule has 8 nitrogen and oxygen atoms in total. The van der Waals surface area contributed by atoms with E-state index in [1.165, 1.54) is 13.3 Å². The lowest BCUT2D eigenvalue weighted by atomic mass is 9.95. The molecule has 0 aliphatic carbocycles. The highest BCUT2D eigenvalue weighted by Crippen LogP contribution is 2.36. The number of piperidine rings is 1. The SMILES string of the molecule is COc1cc(N2CCC(c3nnc4n3-c3ccc(Cl)cc3CN(CC3(F)COC3)C4)CC2)ncc1F. The van der Waals surface area contributed by atoms with E-state index in [1.54, 1.807) is 6.07 Å². The van der Waals surface area contributed by atoms with Crippen LogP contribution in [0.25, 0.3) is 5.69 Å². The molecule has 0 amide bonds. The summed E-state index contributed by atoms with van der Waals surface area (Å²) in [6.07, 6.45) is 2.89. The number of halogens is 3. The molecule has 3 aromatic rings. The molecule has 3 aliphatic heterocycles. The smallest absolute Gasteiger partial charge is 0.183 e. The highest BCUT2D eigenvalue weighted by Gasteiger charge is 2.41. The van der Waals surface area contributed by atoms with Crippen LogP contribution in [0.4, 0.5) is 14.6 Å². The molecule has 5 heterocycles. The molecule has 0 spiro atoms. The summed E-state index contributed by atoms with van der Waals surface area (Å²) in [5.74, 6) is 2.30. The van der Waals surface area contributed by atoms with Crippen molar-refractivity contribution in [3.05, 3.63) is 58.5 Å². The number of nitrogens with zero attached hydrogens (tertiary/aromatic N) is 6. The molecular formula is C25H27ClF2N6O2. The molecule has 0 radical (unpaired) electrons. The van der Waals surface area contributed by atoms with Crippen molar-refractivity contribution in [2.75, 3.05) is 44.9 Å². The van der Waals surface area contributed by atoms with E-state index in [2.05, 4.69) is 29.5 Å². The average Bonchev–Trinajstić information content (AvgIpc) is 3.20. The maximum Gasteiger partial charge on any atom is 0.183 e. The van der Waals surface area contributed by atoms with Gasteiger partial charge in [0.1, 0.15) is 11.6 Å². The van der Waals surface area contributed by atoms with Crippen LogP contribution < -0.4 is 9.64 Å². The minimum absolute atomic E-state index is 0.122. The Kier molecular flexibility index (Phi) is 6.05. The number of benzene rings is 1.